The van der Waals surface area contributed by atoms with Gasteiger partial charge in [-0.05, 0) is 49.5 Å². The second-order valence-electron chi connectivity index (χ2n) is 11.3. The molecule has 1 spiro atoms. The fourth-order valence-electron chi connectivity index (χ4n) is 10.4. The molecule has 5 nitrogen and oxygen atoms in total. The van der Waals surface area contributed by atoms with Gasteiger partial charge in [-0.1, -0.05) is 13.8 Å². The topological polar surface area (TPSA) is 62.2 Å². The molecule has 1 saturated heterocycles. The van der Waals surface area contributed by atoms with E-state index in [1.165, 1.54) is 0 Å². The predicted molar refractivity (Wildman–Crippen MR) is 105 cm³/mol. The lowest BCUT2D eigenvalue weighted by Gasteiger charge is -2.68. The first-order chi connectivity index (χ1) is 13.4. The Kier molecular flexibility index (Phi) is 3.67. The normalized spacial score (nSPS) is 64.3. The van der Waals surface area contributed by atoms with Crippen LogP contribution in [0.2, 0.25) is 0 Å². The Morgan fingerprint density at radius 1 is 1.14 bits per heavy atom. The lowest BCUT2D eigenvalue weighted by Crippen LogP contribution is -2.75. The quantitative estimate of drug-likeness (QED) is 0.770. The average molecular weight is 392 g/mol. The van der Waals surface area contributed by atoms with Crippen molar-refractivity contribution in [2.45, 2.75) is 75.9 Å². The maximum absolute atomic E-state index is 12.4. The molecule has 1 heterocycles. The lowest BCUT2D eigenvalue weighted by atomic mass is 9.43. The number of nitrogens with zero attached hydrogens (tertiary/aromatic N) is 1. The van der Waals surface area contributed by atoms with Crippen LogP contribution in [-0.4, -0.2) is 72.4 Å². The van der Waals surface area contributed by atoms with Gasteiger partial charge >= 0.3 is 0 Å². The highest BCUT2D eigenvalue weighted by Gasteiger charge is 2.83. The number of hydrogen-bond donors (Lipinski definition) is 2. The summed E-state index contributed by atoms with van der Waals surface area (Å²) in [6, 6.07) is 0.309. The summed E-state index contributed by atoms with van der Waals surface area (Å²) in [5.74, 6) is 1.58. The van der Waals surface area contributed by atoms with Crippen LogP contribution in [0.1, 0.15) is 46.0 Å². The standard InChI is InChI=1S/C23H37NO4/c1-5-24-11-21(2)7-6-17(25)23-13-8-12-15(27-3)10-22(26,18(13)19(12)28-4)14(20(23)24)9-16(21)23/h12-20,25-26H,5-11H2,1-4H3/t12-,13-,14+,15+,16+,17+,18-,19+,20-,21+,22+,23-/m1/s1. The third kappa shape index (κ3) is 1.73. The van der Waals surface area contributed by atoms with Gasteiger partial charge in [-0.15, -0.1) is 0 Å². The van der Waals surface area contributed by atoms with Gasteiger partial charge < -0.3 is 19.7 Å². The van der Waals surface area contributed by atoms with Crippen molar-refractivity contribution in [1.29, 1.82) is 0 Å². The Morgan fingerprint density at radius 2 is 1.93 bits per heavy atom. The van der Waals surface area contributed by atoms with E-state index in [0.717, 1.165) is 45.2 Å². The lowest BCUT2D eigenvalue weighted by molar-refractivity contribution is -0.268. The monoisotopic (exact) mass is 391 g/mol. The van der Waals surface area contributed by atoms with Crippen LogP contribution in [0.5, 0.6) is 0 Å². The molecule has 5 saturated carbocycles. The summed E-state index contributed by atoms with van der Waals surface area (Å²) < 4.78 is 12.0. The second-order valence-corrected chi connectivity index (χ2v) is 11.3. The zero-order chi connectivity index (χ0) is 19.6. The fourth-order valence-corrected chi connectivity index (χ4v) is 10.4. The third-order valence-corrected chi connectivity index (χ3v) is 10.9. The van der Waals surface area contributed by atoms with Crippen LogP contribution in [0.4, 0.5) is 0 Å². The molecule has 6 aliphatic rings. The summed E-state index contributed by atoms with van der Waals surface area (Å²) in [6.07, 6.45) is 4.75. The number of ether oxygens (including phenoxy) is 2. The first-order valence-electron chi connectivity index (χ1n) is 11.6. The van der Waals surface area contributed by atoms with Gasteiger partial charge in [0.15, 0.2) is 0 Å². The van der Waals surface area contributed by atoms with E-state index in [0.29, 0.717) is 23.8 Å². The minimum Gasteiger partial charge on any atom is -0.392 e. The summed E-state index contributed by atoms with van der Waals surface area (Å²) in [5, 5.41) is 24.0. The molecule has 0 aromatic carbocycles. The molecule has 6 rings (SSSR count). The van der Waals surface area contributed by atoms with Crippen LogP contribution >= 0.6 is 0 Å². The van der Waals surface area contributed by atoms with E-state index in [4.69, 9.17) is 9.47 Å². The second kappa shape index (κ2) is 5.53. The van der Waals surface area contributed by atoms with Crippen molar-refractivity contribution in [2.24, 2.45) is 40.4 Å². The Labute approximate surface area is 168 Å². The summed E-state index contributed by atoms with van der Waals surface area (Å²) in [6.45, 7) is 6.88. The number of likely N-dealkylation sites (tertiary alicyclic amines) is 1. The number of methoxy groups -OCH3 is 2. The van der Waals surface area contributed by atoms with Gasteiger partial charge in [-0.2, -0.15) is 0 Å². The molecule has 7 bridgehead atoms. The molecule has 0 aromatic heterocycles. The molecule has 0 amide bonds. The van der Waals surface area contributed by atoms with Gasteiger partial charge in [0.05, 0.1) is 23.9 Å². The van der Waals surface area contributed by atoms with E-state index in [2.05, 4.69) is 18.7 Å². The summed E-state index contributed by atoms with van der Waals surface area (Å²) in [5.41, 5.74) is -0.543. The summed E-state index contributed by atoms with van der Waals surface area (Å²) in [7, 11) is 3.61. The molecule has 0 radical (unpaired) electrons. The first-order valence-corrected chi connectivity index (χ1v) is 11.6. The highest BCUT2D eigenvalue weighted by Crippen LogP contribution is 2.78. The van der Waals surface area contributed by atoms with Crippen molar-refractivity contribution >= 4 is 0 Å². The maximum Gasteiger partial charge on any atom is 0.0771 e. The molecule has 0 aromatic rings. The van der Waals surface area contributed by atoms with E-state index in [1.54, 1.807) is 7.11 Å². The van der Waals surface area contributed by atoms with E-state index in [1.807, 2.05) is 7.11 Å². The third-order valence-electron chi connectivity index (χ3n) is 10.9. The minimum absolute atomic E-state index is 0.0580. The van der Waals surface area contributed by atoms with Crippen molar-refractivity contribution in [3.63, 3.8) is 0 Å². The van der Waals surface area contributed by atoms with Crippen molar-refractivity contribution in [3.8, 4) is 0 Å². The Balaban J connectivity index is 1.59. The van der Waals surface area contributed by atoms with Gasteiger partial charge in [0.2, 0.25) is 0 Å². The van der Waals surface area contributed by atoms with Gasteiger partial charge in [0, 0.05) is 56.4 Å². The molecule has 28 heavy (non-hydrogen) atoms. The van der Waals surface area contributed by atoms with Crippen molar-refractivity contribution in [3.05, 3.63) is 0 Å². The van der Waals surface area contributed by atoms with Crippen LogP contribution in [-0.2, 0) is 9.47 Å². The highest BCUT2D eigenvalue weighted by molar-refractivity contribution is 5.32. The number of rotatable bonds is 3. The molecular weight excluding hydrogens is 354 g/mol. The average Bonchev–Trinajstić information content (AvgIpc) is 3.16. The van der Waals surface area contributed by atoms with Crippen LogP contribution in [0, 0.1) is 40.4 Å². The molecule has 6 fully saturated rings. The predicted octanol–water partition coefficient (Wildman–Crippen LogP) is 1.90. The SMILES string of the molecule is CCN1C[C@]2(C)CC[C@H](O)[C@@]34[C@@H]5C[C@H]6[C@H](OC)[C@@H]5[C@](O)(C[C@@H]6OC)[C@@H](C[C@@H]23)[C@@H]14. The van der Waals surface area contributed by atoms with E-state index < -0.39 is 5.60 Å². The number of aliphatic hydroxyl groups excluding tert-OH is 1. The Bertz CT molecular complexity index is 688. The first kappa shape index (κ1) is 18.6. The van der Waals surface area contributed by atoms with Crippen LogP contribution in [0.3, 0.4) is 0 Å². The van der Waals surface area contributed by atoms with Crippen molar-refractivity contribution in [2.75, 3.05) is 27.3 Å². The van der Waals surface area contributed by atoms with Gasteiger partial charge in [-0.25, -0.2) is 0 Å². The van der Waals surface area contributed by atoms with E-state index in [9.17, 15) is 10.2 Å². The smallest absolute Gasteiger partial charge is 0.0771 e. The molecule has 1 aliphatic heterocycles. The largest absolute Gasteiger partial charge is 0.392 e. The van der Waals surface area contributed by atoms with E-state index in [-0.39, 0.29) is 41.0 Å². The fraction of sp³-hybridized carbons (Fsp3) is 1.00. The zero-order valence-corrected chi connectivity index (χ0v) is 17.8. The molecule has 12 atom stereocenters. The minimum atomic E-state index is -0.731. The number of fused-ring (bicyclic) bond motifs is 2. The summed E-state index contributed by atoms with van der Waals surface area (Å²) in [4.78, 5) is 2.65. The van der Waals surface area contributed by atoms with Crippen molar-refractivity contribution in [1.82, 2.24) is 4.90 Å². The van der Waals surface area contributed by atoms with Crippen LogP contribution < -0.4 is 0 Å². The molecule has 0 unspecified atom stereocenters. The van der Waals surface area contributed by atoms with Gasteiger partial charge in [0.1, 0.15) is 0 Å². The number of piperidine rings is 1. The van der Waals surface area contributed by atoms with Gasteiger partial charge in [-0.3, -0.25) is 4.90 Å². The van der Waals surface area contributed by atoms with Crippen LogP contribution in [0.15, 0.2) is 0 Å². The molecule has 158 valence electrons. The van der Waals surface area contributed by atoms with Crippen molar-refractivity contribution < 1.29 is 19.7 Å². The number of aliphatic hydroxyl groups is 2. The number of hydrogen-bond acceptors (Lipinski definition) is 5. The highest BCUT2D eigenvalue weighted by atomic mass is 16.5. The van der Waals surface area contributed by atoms with E-state index >= 15 is 0 Å². The molecular formula is C23H37NO4. The van der Waals surface area contributed by atoms with Crippen LogP contribution in [0.25, 0.3) is 0 Å². The van der Waals surface area contributed by atoms with Gasteiger partial charge in [0.25, 0.3) is 0 Å². The Hall–Kier alpha value is -0.200. The molecule has 5 aliphatic carbocycles. The molecule has 2 N–H and O–H groups in total. The summed E-state index contributed by atoms with van der Waals surface area (Å²) >= 11 is 0. The molecule has 5 heteroatoms. The zero-order valence-electron chi connectivity index (χ0n) is 17.8. The Morgan fingerprint density at radius 3 is 2.61 bits per heavy atom. The maximum atomic E-state index is 12.4.